The van der Waals surface area contributed by atoms with Crippen LogP contribution in [0.15, 0.2) is 60.8 Å². The Morgan fingerprint density at radius 3 is 2.52 bits per heavy atom. The van der Waals surface area contributed by atoms with Gasteiger partial charge >= 0.3 is 0 Å². The molecule has 1 aromatic heterocycles. The second-order valence-electron chi connectivity index (χ2n) is 5.99. The van der Waals surface area contributed by atoms with Crippen LogP contribution in [0.5, 0.6) is 0 Å². The Bertz CT molecular complexity index is 871. The van der Waals surface area contributed by atoms with Crippen molar-refractivity contribution in [2.45, 2.75) is 25.3 Å². The van der Waals surface area contributed by atoms with Crippen molar-refractivity contribution in [2.24, 2.45) is 0 Å². The van der Waals surface area contributed by atoms with Crippen LogP contribution in [0.4, 0.5) is 0 Å². The van der Waals surface area contributed by atoms with E-state index in [1.165, 1.54) is 0 Å². The van der Waals surface area contributed by atoms with Gasteiger partial charge in [0.05, 0.1) is 12.0 Å². The van der Waals surface area contributed by atoms with Crippen LogP contribution in [0.2, 0.25) is 0 Å². The number of nitrogens with one attached hydrogen (secondary N) is 2. The molecule has 0 aliphatic rings. The van der Waals surface area contributed by atoms with Gasteiger partial charge in [-0.25, -0.2) is 0 Å². The topological polar surface area (TPSA) is 85.0 Å². The molecule has 1 heterocycles. The number of rotatable bonds is 7. The lowest BCUT2D eigenvalue weighted by atomic mass is 10.0. The van der Waals surface area contributed by atoms with E-state index in [1.807, 2.05) is 60.8 Å². The summed E-state index contributed by atoms with van der Waals surface area (Å²) >= 11 is 0. The number of carbonyl (C=O) groups is 2. The van der Waals surface area contributed by atoms with E-state index in [-0.39, 0.29) is 18.7 Å². The summed E-state index contributed by atoms with van der Waals surface area (Å²) in [6, 6.07) is 16.0. The van der Waals surface area contributed by atoms with E-state index in [0.717, 1.165) is 22.0 Å². The van der Waals surface area contributed by atoms with Crippen molar-refractivity contribution in [2.75, 3.05) is 0 Å². The number of aromatic nitrogens is 1. The highest BCUT2D eigenvalue weighted by Gasteiger charge is 2.15. The Hall–Kier alpha value is -3.08. The molecule has 0 bridgehead atoms. The second-order valence-corrected chi connectivity index (χ2v) is 5.99. The lowest BCUT2D eigenvalue weighted by Gasteiger charge is -2.19. The minimum absolute atomic E-state index is 0.210. The first-order valence-corrected chi connectivity index (χ1v) is 8.22. The molecular formula is C20H19N2O3-. The van der Waals surface area contributed by atoms with Crippen LogP contribution in [-0.2, 0) is 22.4 Å². The SMILES string of the molecule is O=C(CCc1c[nH]c2ccccc12)N[C@@H](Cc1ccccc1)C(=O)[O-]. The Kier molecular flexibility index (Phi) is 5.14. The number of carboxylic acids is 1. The van der Waals surface area contributed by atoms with Gasteiger partial charge in [-0.05, 0) is 30.0 Å². The molecular weight excluding hydrogens is 316 g/mol. The number of carbonyl (C=O) groups excluding carboxylic acids is 2. The molecule has 3 aromatic rings. The largest absolute Gasteiger partial charge is 0.548 e. The Balaban J connectivity index is 1.59. The normalized spacial score (nSPS) is 12.0. The molecule has 2 N–H and O–H groups in total. The van der Waals surface area contributed by atoms with E-state index < -0.39 is 12.0 Å². The third-order valence-corrected chi connectivity index (χ3v) is 4.20. The fourth-order valence-corrected chi connectivity index (χ4v) is 2.90. The second kappa shape index (κ2) is 7.66. The van der Waals surface area contributed by atoms with E-state index in [1.54, 1.807) is 0 Å². The molecule has 0 aliphatic carbocycles. The van der Waals surface area contributed by atoms with Crippen molar-refractivity contribution in [1.82, 2.24) is 10.3 Å². The zero-order valence-corrected chi connectivity index (χ0v) is 13.7. The van der Waals surface area contributed by atoms with Gasteiger partial charge in [-0.15, -0.1) is 0 Å². The van der Waals surface area contributed by atoms with Crippen molar-refractivity contribution >= 4 is 22.8 Å². The highest BCUT2D eigenvalue weighted by Crippen LogP contribution is 2.18. The summed E-state index contributed by atoms with van der Waals surface area (Å²) in [7, 11) is 0. The number of H-pyrrole nitrogens is 1. The molecule has 0 fully saturated rings. The number of aromatic amines is 1. The summed E-state index contributed by atoms with van der Waals surface area (Å²) in [5.74, 6) is -1.57. The van der Waals surface area contributed by atoms with Crippen LogP contribution in [0.3, 0.4) is 0 Å². The highest BCUT2D eigenvalue weighted by molar-refractivity contribution is 5.85. The number of fused-ring (bicyclic) bond motifs is 1. The third kappa shape index (κ3) is 4.26. The number of hydrogen-bond acceptors (Lipinski definition) is 3. The Morgan fingerprint density at radius 2 is 1.76 bits per heavy atom. The van der Waals surface area contributed by atoms with Crippen LogP contribution < -0.4 is 10.4 Å². The minimum Gasteiger partial charge on any atom is -0.548 e. The van der Waals surface area contributed by atoms with Crippen molar-refractivity contribution in [3.63, 3.8) is 0 Å². The molecule has 0 aliphatic heterocycles. The average molecular weight is 335 g/mol. The maximum Gasteiger partial charge on any atom is 0.220 e. The van der Waals surface area contributed by atoms with Gasteiger partial charge in [0.1, 0.15) is 0 Å². The third-order valence-electron chi connectivity index (χ3n) is 4.20. The molecule has 5 nitrogen and oxygen atoms in total. The fraction of sp³-hybridized carbons (Fsp3) is 0.200. The Morgan fingerprint density at radius 1 is 1.04 bits per heavy atom. The van der Waals surface area contributed by atoms with Crippen molar-refractivity contribution < 1.29 is 14.7 Å². The fourth-order valence-electron chi connectivity index (χ4n) is 2.90. The quantitative estimate of drug-likeness (QED) is 0.687. The van der Waals surface area contributed by atoms with Crippen molar-refractivity contribution in [1.29, 1.82) is 0 Å². The summed E-state index contributed by atoms with van der Waals surface area (Å²) in [6.45, 7) is 0. The van der Waals surface area contributed by atoms with E-state index in [9.17, 15) is 14.7 Å². The van der Waals surface area contributed by atoms with Crippen LogP contribution in [0.25, 0.3) is 10.9 Å². The summed E-state index contributed by atoms with van der Waals surface area (Å²) < 4.78 is 0. The lowest BCUT2D eigenvalue weighted by Crippen LogP contribution is -2.49. The molecule has 2 aromatic carbocycles. The monoisotopic (exact) mass is 335 g/mol. The number of amides is 1. The zero-order chi connectivity index (χ0) is 17.6. The van der Waals surface area contributed by atoms with Gasteiger partial charge in [0.2, 0.25) is 5.91 Å². The summed E-state index contributed by atoms with van der Waals surface area (Å²) in [5.41, 5.74) is 2.90. The molecule has 5 heteroatoms. The van der Waals surface area contributed by atoms with Gasteiger partial charge in [-0.2, -0.15) is 0 Å². The van der Waals surface area contributed by atoms with E-state index in [0.29, 0.717) is 6.42 Å². The van der Waals surface area contributed by atoms with Gasteiger partial charge in [0, 0.05) is 23.5 Å². The van der Waals surface area contributed by atoms with Crippen LogP contribution in [0, 0.1) is 0 Å². The first-order valence-electron chi connectivity index (χ1n) is 8.22. The molecule has 0 saturated heterocycles. The number of aliphatic carboxylic acids is 1. The first kappa shape index (κ1) is 16.8. The van der Waals surface area contributed by atoms with Crippen LogP contribution >= 0.6 is 0 Å². The predicted molar refractivity (Wildman–Crippen MR) is 93.7 cm³/mol. The smallest absolute Gasteiger partial charge is 0.220 e. The van der Waals surface area contributed by atoms with E-state index in [2.05, 4.69) is 10.3 Å². The maximum atomic E-state index is 12.2. The molecule has 1 amide bonds. The van der Waals surface area contributed by atoms with Crippen molar-refractivity contribution in [3.05, 3.63) is 71.9 Å². The van der Waals surface area contributed by atoms with Crippen LogP contribution in [0.1, 0.15) is 17.5 Å². The van der Waals surface area contributed by atoms with E-state index in [4.69, 9.17) is 0 Å². The molecule has 0 spiro atoms. The average Bonchev–Trinajstić information content (AvgIpc) is 3.03. The maximum absolute atomic E-state index is 12.2. The summed E-state index contributed by atoms with van der Waals surface area (Å²) in [5, 5.41) is 15.0. The Labute approximate surface area is 145 Å². The number of carboxylic acid groups (broad SMARTS) is 1. The highest BCUT2D eigenvalue weighted by atomic mass is 16.4. The number of hydrogen-bond donors (Lipinski definition) is 2. The molecule has 0 radical (unpaired) electrons. The number of para-hydroxylation sites is 1. The van der Waals surface area contributed by atoms with Gasteiger partial charge in [-0.1, -0.05) is 48.5 Å². The van der Waals surface area contributed by atoms with Gasteiger partial charge in [-0.3, -0.25) is 4.79 Å². The molecule has 3 rings (SSSR count). The van der Waals surface area contributed by atoms with Crippen molar-refractivity contribution in [3.8, 4) is 0 Å². The summed E-state index contributed by atoms with van der Waals surface area (Å²) in [4.78, 5) is 26.7. The molecule has 1 atom stereocenters. The number of benzene rings is 2. The molecule has 128 valence electrons. The molecule has 0 unspecified atom stereocenters. The van der Waals surface area contributed by atoms with Crippen LogP contribution in [-0.4, -0.2) is 22.9 Å². The standard InChI is InChI=1S/C20H20N2O3/c23-19(11-10-15-13-21-17-9-5-4-8-16(15)17)22-18(20(24)25)12-14-6-2-1-3-7-14/h1-9,13,18,21H,10-12H2,(H,22,23)(H,24,25)/p-1/t18-/m0/s1. The van der Waals surface area contributed by atoms with Gasteiger partial charge in [0.25, 0.3) is 0 Å². The van der Waals surface area contributed by atoms with Gasteiger partial charge < -0.3 is 20.2 Å². The minimum atomic E-state index is -1.27. The molecule has 25 heavy (non-hydrogen) atoms. The molecule has 0 saturated carbocycles. The van der Waals surface area contributed by atoms with E-state index >= 15 is 0 Å². The lowest BCUT2D eigenvalue weighted by molar-refractivity contribution is -0.308. The predicted octanol–water partition coefficient (Wildman–Crippen LogP) is 1.58. The zero-order valence-electron chi connectivity index (χ0n) is 13.7. The van der Waals surface area contributed by atoms with Gasteiger partial charge in [0.15, 0.2) is 0 Å². The summed E-state index contributed by atoms with van der Waals surface area (Å²) in [6.07, 6.45) is 2.86. The first-order chi connectivity index (χ1) is 12.1. The number of aryl methyl sites for hydroxylation is 1.